The standard InChI is InChI=1S/C15H22N2O3/c1-3-20-14(18)5-4-10-17-11-12-6-8-13(9-7-12)15(19)16-2/h6-9,17H,3-5,10-11H2,1-2H3,(H,16,19). The number of rotatable bonds is 8. The van der Waals surface area contributed by atoms with Crippen LogP contribution in [0.1, 0.15) is 35.7 Å². The molecule has 1 amide bonds. The number of benzene rings is 1. The monoisotopic (exact) mass is 278 g/mol. The molecular weight excluding hydrogens is 256 g/mol. The Morgan fingerprint density at radius 3 is 2.50 bits per heavy atom. The van der Waals surface area contributed by atoms with E-state index < -0.39 is 0 Å². The van der Waals surface area contributed by atoms with Crippen molar-refractivity contribution in [3.8, 4) is 0 Å². The van der Waals surface area contributed by atoms with Gasteiger partial charge >= 0.3 is 5.97 Å². The highest BCUT2D eigenvalue weighted by Crippen LogP contribution is 2.04. The first kappa shape index (κ1) is 16.2. The fraction of sp³-hybridized carbons (Fsp3) is 0.467. The second-order valence-electron chi connectivity index (χ2n) is 4.36. The molecule has 0 atom stereocenters. The van der Waals surface area contributed by atoms with Crippen LogP contribution in [0.4, 0.5) is 0 Å². The molecule has 0 heterocycles. The lowest BCUT2D eigenvalue weighted by atomic mass is 10.1. The Kier molecular flexibility index (Phi) is 7.35. The van der Waals surface area contributed by atoms with Crippen LogP contribution in [0.2, 0.25) is 0 Å². The molecule has 1 aromatic rings. The van der Waals surface area contributed by atoms with E-state index in [1.54, 1.807) is 26.1 Å². The van der Waals surface area contributed by atoms with Crippen molar-refractivity contribution in [3.63, 3.8) is 0 Å². The average molecular weight is 278 g/mol. The van der Waals surface area contributed by atoms with Crippen LogP contribution in [0, 0.1) is 0 Å². The molecule has 0 spiro atoms. The molecule has 0 bridgehead atoms. The highest BCUT2D eigenvalue weighted by atomic mass is 16.5. The molecule has 0 unspecified atom stereocenters. The summed E-state index contributed by atoms with van der Waals surface area (Å²) in [6.07, 6.45) is 1.20. The SMILES string of the molecule is CCOC(=O)CCCNCc1ccc(C(=O)NC)cc1. The quantitative estimate of drug-likeness (QED) is 0.558. The molecule has 1 aromatic carbocycles. The van der Waals surface area contributed by atoms with Gasteiger partial charge in [-0.15, -0.1) is 0 Å². The molecule has 0 aliphatic rings. The first-order valence-corrected chi connectivity index (χ1v) is 6.84. The highest BCUT2D eigenvalue weighted by Gasteiger charge is 2.03. The van der Waals surface area contributed by atoms with Gasteiger partial charge < -0.3 is 15.4 Å². The maximum absolute atomic E-state index is 11.4. The molecule has 1 rings (SSSR count). The van der Waals surface area contributed by atoms with Gasteiger partial charge in [-0.2, -0.15) is 0 Å². The molecule has 5 heteroatoms. The average Bonchev–Trinajstić information content (AvgIpc) is 2.47. The Balaban J connectivity index is 2.22. The van der Waals surface area contributed by atoms with Crippen molar-refractivity contribution in [3.05, 3.63) is 35.4 Å². The van der Waals surface area contributed by atoms with E-state index in [0.29, 0.717) is 18.6 Å². The van der Waals surface area contributed by atoms with E-state index >= 15 is 0 Å². The minimum atomic E-state index is -0.149. The summed E-state index contributed by atoms with van der Waals surface area (Å²) in [5, 5.41) is 5.84. The summed E-state index contributed by atoms with van der Waals surface area (Å²) < 4.78 is 4.85. The van der Waals surface area contributed by atoms with Gasteiger partial charge in [0.15, 0.2) is 0 Å². The second kappa shape index (κ2) is 9.09. The summed E-state index contributed by atoms with van der Waals surface area (Å²) in [5.74, 6) is -0.233. The van der Waals surface area contributed by atoms with Gasteiger partial charge in [0.05, 0.1) is 6.61 Å². The maximum Gasteiger partial charge on any atom is 0.305 e. The van der Waals surface area contributed by atoms with Gasteiger partial charge in [-0.25, -0.2) is 0 Å². The summed E-state index contributed by atoms with van der Waals surface area (Å²) in [6, 6.07) is 7.44. The van der Waals surface area contributed by atoms with Crippen molar-refractivity contribution in [1.82, 2.24) is 10.6 Å². The predicted molar refractivity (Wildman–Crippen MR) is 77.4 cm³/mol. The summed E-state index contributed by atoms with van der Waals surface area (Å²) in [7, 11) is 1.61. The number of ether oxygens (including phenoxy) is 1. The third-order valence-electron chi connectivity index (χ3n) is 2.81. The summed E-state index contributed by atoms with van der Waals surface area (Å²) in [5.41, 5.74) is 1.76. The zero-order valence-electron chi connectivity index (χ0n) is 12.1. The fourth-order valence-electron chi connectivity index (χ4n) is 1.74. The lowest BCUT2D eigenvalue weighted by molar-refractivity contribution is -0.143. The van der Waals surface area contributed by atoms with Crippen LogP contribution in [0.3, 0.4) is 0 Å². The van der Waals surface area contributed by atoms with E-state index in [1.165, 1.54) is 0 Å². The molecule has 0 radical (unpaired) electrons. The predicted octanol–water partition coefficient (Wildman–Crippen LogP) is 1.48. The largest absolute Gasteiger partial charge is 0.466 e. The van der Waals surface area contributed by atoms with Crippen molar-refractivity contribution in [1.29, 1.82) is 0 Å². The molecule has 110 valence electrons. The smallest absolute Gasteiger partial charge is 0.305 e. The van der Waals surface area contributed by atoms with Crippen LogP contribution in [-0.4, -0.2) is 32.1 Å². The molecule has 20 heavy (non-hydrogen) atoms. The van der Waals surface area contributed by atoms with Crippen molar-refractivity contribution in [2.24, 2.45) is 0 Å². The highest BCUT2D eigenvalue weighted by molar-refractivity contribution is 5.93. The lowest BCUT2D eigenvalue weighted by Gasteiger charge is -2.06. The first-order chi connectivity index (χ1) is 9.67. The van der Waals surface area contributed by atoms with Crippen LogP contribution in [0.5, 0.6) is 0 Å². The van der Waals surface area contributed by atoms with Crippen LogP contribution in [0.15, 0.2) is 24.3 Å². The van der Waals surface area contributed by atoms with E-state index in [0.717, 1.165) is 25.1 Å². The molecular formula is C15H22N2O3. The third kappa shape index (κ3) is 5.84. The molecule has 0 fully saturated rings. The summed E-state index contributed by atoms with van der Waals surface area (Å²) in [4.78, 5) is 22.5. The molecule has 0 saturated heterocycles. The van der Waals surface area contributed by atoms with Crippen molar-refractivity contribution in [2.75, 3.05) is 20.2 Å². The van der Waals surface area contributed by atoms with Gasteiger partial charge in [0.2, 0.25) is 0 Å². The van der Waals surface area contributed by atoms with Crippen molar-refractivity contribution >= 4 is 11.9 Å². The Hall–Kier alpha value is -1.88. The zero-order valence-corrected chi connectivity index (χ0v) is 12.1. The van der Waals surface area contributed by atoms with Gasteiger partial charge in [-0.05, 0) is 37.6 Å². The summed E-state index contributed by atoms with van der Waals surface area (Å²) in [6.45, 7) is 3.72. The number of carbonyl (C=O) groups excluding carboxylic acids is 2. The van der Waals surface area contributed by atoms with E-state index in [-0.39, 0.29) is 11.9 Å². The Morgan fingerprint density at radius 1 is 1.20 bits per heavy atom. The zero-order chi connectivity index (χ0) is 14.8. The number of nitrogens with one attached hydrogen (secondary N) is 2. The minimum absolute atomic E-state index is 0.0843. The van der Waals surface area contributed by atoms with Gasteiger partial charge in [0.1, 0.15) is 0 Å². The Bertz CT molecular complexity index is 429. The van der Waals surface area contributed by atoms with Crippen LogP contribution in [0.25, 0.3) is 0 Å². The molecule has 0 aliphatic carbocycles. The normalized spacial score (nSPS) is 10.1. The Morgan fingerprint density at radius 2 is 1.90 bits per heavy atom. The van der Waals surface area contributed by atoms with Crippen LogP contribution in [-0.2, 0) is 16.1 Å². The van der Waals surface area contributed by atoms with Gasteiger partial charge in [0.25, 0.3) is 5.91 Å². The number of amides is 1. The first-order valence-electron chi connectivity index (χ1n) is 6.84. The number of hydrogen-bond acceptors (Lipinski definition) is 4. The number of carbonyl (C=O) groups is 2. The molecule has 5 nitrogen and oxygen atoms in total. The Labute approximate surface area is 119 Å². The number of esters is 1. The van der Waals surface area contributed by atoms with E-state index in [2.05, 4.69) is 10.6 Å². The third-order valence-corrected chi connectivity index (χ3v) is 2.81. The topological polar surface area (TPSA) is 67.4 Å². The molecule has 0 saturated carbocycles. The number of hydrogen-bond donors (Lipinski definition) is 2. The van der Waals surface area contributed by atoms with E-state index in [9.17, 15) is 9.59 Å². The van der Waals surface area contributed by atoms with E-state index in [4.69, 9.17) is 4.74 Å². The van der Waals surface area contributed by atoms with Gasteiger partial charge in [-0.1, -0.05) is 12.1 Å². The molecule has 0 aromatic heterocycles. The maximum atomic E-state index is 11.4. The minimum Gasteiger partial charge on any atom is -0.466 e. The molecule has 0 aliphatic heterocycles. The molecule has 2 N–H and O–H groups in total. The fourth-order valence-corrected chi connectivity index (χ4v) is 1.74. The second-order valence-corrected chi connectivity index (χ2v) is 4.36. The van der Waals surface area contributed by atoms with E-state index in [1.807, 2.05) is 12.1 Å². The van der Waals surface area contributed by atoms with Crippen molar-refractivity contribution < 1.29 is 14.3 Å². The summed E-state index contributed by atoms with van der Waals surface area (Å²) >= 11 is 0. The van der Waals surface area contributed by atoms with Gasteiger partial charge in [-0.3, -0.25) is 9.59 Å². The lowest BCUT2D eigenvalue weighted by Crippen LogP contribution is -2.18. The van der Waals surface area contributed by atoms with Crippen LogP contribution < -0.4 is 10.6 Å². The van der Waals surface area contributed by atoms with Crippen molar-refractivity contribution in [2.45, 2.75) is 26.3 Å². The van der Waals surface area contributed by atoms with Crippen LogP contribution >= 0.6 is 0 Å². The van der Waals surface area contributed by atoms with Gasteiger partial charge in [0, 0.05) is 25.6 Å².